The second-order valence-electron chi connectivity index (χ2n) is 8.17. The van der Waals surface area contributed by atoms with Crippen LogP contribution in [0, 0.1) is 5.92 Å². The number of amides is 2. The maximum Gasteiger partial charge on any atom is 0.310 e. The minimum atomic E-state index is -0.566. The number of carbonyl (C=O) groups is 3. The largest absolute Gasteiger partial charge is 0.496 e. The van der Waals surface area contributed by atoms with E-state index in [0.29, 0.717) is 10.0 Å². The van der Waals surface area contributed by atoms with Crippen LogP contribution in [-0.4, -0.2) is 36.6 Å². The Hall–Kier alpha value is -3.62. The number of nitrogens with one attached hydrogen (secondary N) is 2. The van der Waals surface area contributed by atoms with Crippen LogP contribution in [0.25, 0.3) is 0 Å². The number of rotatable bonds is 9. The van der Waals surface area contributed by atoms with Gasteiger partial charge in [0.25, 0.3) is 11.8 Å². The zero-order chi connectivity index (χ0) is 25.7. The molecule has 3 aromatic rings. The van der Waals surface area contributed by atoms with Crippen molar-refractivity contribution < 1.29 is 23.9 Å². The third-order valence-electron chi connectivity index (χ3n) is 5.60. The first-order valence-corrected chi connectivity index (χ1v) is 11.9. The van der Waals surface area contributed by atoms with Crippen molar-refractivity contribution in [2.45, 2.75) is 18.9 Å². The fraction of sp³-hybridized carbons (Fsp3) is 0.231. The molecule has 36 heavy (non-hydrogen) atoms. The van der Waals surface area contributed by atoms with Gasteiger partial charge in [-0.3, -0.25) is 14.4 Å². The highest BCUT2D eigenvalue weighted by Crippen LogP contribution is 2.30. The highest BCUT2D eigenvalue weighted by atomic mass is 35.5. The van der Waals surface area contributed by atoms with Crippen molar-refractivity contribution in [3.8, 4) is 5.75 Å². The van der Waals surface area contributed by atoms with Gasteiger partial charge in [0.05, 0.1) is 24.6 Å². The number of halogens is 2. The molecule has 8 nitrogen and oxygen atoms in total. The molecule has 0 unspecified atom stereocenters. The first-order valence-electron chi connectivity index (χ1n) is 11.2. The van der Waals surface area contributed by atoms with E-state index in [4.69, 9.17) is 32.7 Å². The van der Waals surface area contributed by atoms with Crippen molar-refractivity contribution in [2.24, 2.45) is 5.92 Å². The zero-order valence-electron chi connectivity index (χ0n) is 19.3. The number of pyridine rings is 1. The van der Waals surface area contributed by atoms with Gasteiger partial charge in [-0.25, -0.2) is 4.98 Å². The van der Waals surface area contributed by atoms with Gasteiger partial charge in [0.15, 0.2) is 6.73 Å². The number of hydrogen-bond donors (Lipinski definition) is 2. The molecule has 2 N–H and O–H groups in total. The van der Waals surface area contributed by atoms with Crippen LogP contribution in [0.4, 0.5) is 0 Å². The Labute approximate surface area is 217 Å². The predicted molar refractivity (Wildman–Crippen MR) is 134 cm³/mol. The normalized spacial score (nSPS) is 12.7. The smallest absolute Gasteiger partial charge is 0.310 e. The molecule has 10 heteroatoms. The van der Waals surface area contributed by atoms with Gasteiger partial charge < -0.3 is 20.1 Å². The van der Waals surface area contributed by atoms with E-state index in [-0.39, 0.29) is 35.6 Å². The summed E-state index contributed by atoms with van der Waals surface area (Å²) >= 11 is 12.1. The van der Waals surface area contributed by atoms with Crippen LogP contribution < -0.4 is 15.4 Å². The molecule has 1 saturated carbocycles. The fourth-order valence-corrected chi connectivity index (χ4v) is 3.73. The molecule has 1 aliphatic carbocycles. The molecular formula is C26H23Cl2N3O5. The standard InChI is InChI=1S/C26H23Cl2N3O5/c1-35-22-12-21(25(33)30-14-36-26(34)17-2-3-17)29-13-20(22)24(32)31-23(15-4-8-18(27)9-5-15)16-6-10-19(28)11-7-16/h4-13,17,23H,2-3,14H2,1H3,(H,30,33)(H,31,32). The van der Waals surface area contributed by atoms with E-state index in [0.717, 1.165) is 24.0 Å². The first kappa shape index (κ1) is 25.5. The molecule has 0 aliphatic heterocycles. The summed E-state index contributed by atoms with van der Waals surface area (Å²) in [5.74, 6) is -1.26. The molecule has 1 aliphatic rings. The lowest BCUT2D eigenvalue weighted by Gasteiger charge is -2.21. The molecule has 2 aromatic carbocycles. The van der Waals surface area contributed by atoms with Crippen molar-refractivity contribution in [2.75, 3.05) is 13.8 Å². The Morgan fingerprint density at radius 2 is 1.56 bits per heavy atom. The van der Waals surface area contributed by atoms with Gasteiger partial charge in [-0.15, -0.1) is 0 Å². The molecule has 0 saturated heterocycles. The van der Waals surface area contributed by atoms with Gasteiger partial charge in [0.2, 0.25) is 0 Å². The predicted octanol–water partition coefficient (Wildman–Crippen LogP) is 4.56. The summed E-state index contributed by atoms with van der Waals surface area (Å²) in [7, 11) is 1.39. The number of nitrogens with zero attached hydrogens (tertiary/aromatic N) is 1. The van der Waals surface area contributed by atoms with Gasteiger partial charge in [0.1, 0.15) is 11.4 Å². The average molecular weight is 528 g/mol. The fourth-order valence-electron chi connectivity index (χ4n) is 3.48. The highest BCUT2D eigenvalue weighted by molar-refractivity contribution is 6.30. The molecule has 1 aromatic heterocycles. The Balaban J connectivity index is 1.50. The van der Waals surface area contributed by atoms with Crippen molar-refractivity contribution in [3.63, 3.8) is 0 Å². The molecule has 2 amide bonds. The third kappa shape index (κ3) is 6.33. The van der Waals surface area contributed by atoms with Gasteiger partial charge in [-0.1, -0.05) is 47.5 Å². The second-order valence-corrected chi connectivity index (χ2v) is 9.04. The van der Waals surface area contributed by atoms with Crippen LogP contribution in [0.5, 0.6) is 5.75 Å². The average Bonchev–Trinajstić information content (AvgIpc) is 3.74. The molecule has 0 spiro atoms. The van der Waals surface area contributed by atoms with Crippen LogP contribution in [0.15, 0.2) is 60.8 Å². The number of hydrogen-bond acceptors (Lipinski definition) is 6. The summed E-state index contributed by atoms with van der Waals surface area (Å²) < 4.78 is 10.4. The number of methoxy groups -OCH3 is 1. The van der Waals surface area contributed by atoms with Crippen LogP contribution in [-0.2, 0) is 9.53 Å². The van der Waals surface area contributed by atoms with Crippen LogP contribution >= 0.6 is 23.2 Å². The van der Waals surface area contributed by atoms with Gasteiger partial charge in [-0.2, -0.15) is 0 Å². The lowest BCUT2D eigenvalue weighted by molar-refractivity contribution is -0.145. The minimum absolute atomic E-state index is 0.0119. The molecule has 1 fully saturated rings. The van der Waals surface area contributed by atoms with E-state index in [1.165, 1.54) is 19.4 Å². The zero-order valence-corrected chi connectivity index (χ0v) is 20.8. The third-order valence-corrected chi connectivity index (χ3v) is 6.11. The summed E-state index contributed by atoms with van der Waals surface area (Å²) in [5.41, 5.74) is 1.76. The monoisotopic (exact) mass is 527 g/mol. The minimum Gasteiger partial charge on any atom is -0.496 e. The van der Waals surface area contributed by atoms with Gasteiger partial charge in [0, 0.05) is 22.3 Å². The molecule has 0 radical (unpaired) electrons. The second kappa shape index (κ2) is 11.4. The number of carbonyl (C=O) groups excluding carboxylic acids is 3. The van der Waals surface area contributed by atoms with Crippen molar-refractivity contribution in [3.05, 3.63) is 93.2 Å². The summed E-state index contributed by atoms with van der Waals surface area (Å²) in [4.78, 5) is 41.4. The summed E-state index contributed by atoms with van der Waals surface area (Å²) in [5, 5.41) is 6.61. The van der Waals surface area contributed by atoms with Gasteiger partial charge in [-0.05, 0) is 48.2 Å². The molecule has 0 atom stereocenters. The van der Waals surface area contributed by atoms with Crippen LogP contribution in [0.3, 0.4) is 0 Å². The first-order chi connectivity index (χ1) is 17.4. The van der Waals surface area contributed by atoms with Crippen LogP contribution in [0.1, 0.15) is 50.9 Å². The van der Waals surface area contributed by atoms with E-state index in [1.807, 2.05) is 24.3 Å². The quantitative estimate of drug-likeness (QED) is 0.312. The topological polar surface area (TPSA) is 107 Å². The van der Waals surface area contributed by atoms with Gasteiger partial charge >= 0.3 is 5.97 Å². The summed E-state index contributed by atoms with van der Waals surface area (Å²) in [6.45, 7) is -0.260. The van der Waals surface area contributed by atoms with Crippen molar-refractivity contribution in [1.29, 1.82) is 0 Å². The van der Waals surface area contributed by atoms with Crippen molar-refractivity contribution >= 4 is 41.0 Å². The lowest BCUT2D eigenvalue weighted by Crippen LogP contribution is -2.31. The highest BCUT2D eigenvalue weighted by Gasteiger charge is 2.31. The number of ether oxygens (including phenoxy) is 2. The Morgan fingerprint density at radius 1 is 0.972 bits per heavy atom. The molecule has 1 heterocycles. The van der Waals surface area contributed by atoms with E-state index in [1.54, 1.807) is 24.3 Å². The number of benzene rings is 2. The Bertz CT molecular complexity index is 1220. The Kier molecular flexibility index (Phi) is 8.07. The van der Waals surface area contributed by atoms with E-state index in [9.17, 15) is 14.4 Å². The maximum absolute atomic E-state index is 13.3. The van der Waals surface area contributed by atoms with E-state index >= 15 is 0 Å². The maximum atomic E-state index is 13.3. The summed E-state index contributed by atoms with van der Waals surface area (Å²) in [6, 6.07) is 15.1. The molecule has 0 bridgehead atoms. The molecular weight excluding hydrogens is 505 g/mol. The van der Waals surface area contributed by atoms with Crippen molar-refractivity contribution in [1.82, 2.24) is 15.6 Å². The SMILES string of the molecule is COc1cc(C(=O)NCOC(=O)C2CC2)ncc1C(=O)NC(c1ccc(Cl)cc1)c1ccc(Cl)cc1. The summed E-state index contributed by atoms with van der Waals surface area (Å²) in [6.07, 6.45) is 2.89. The molecule has 186 valence electrons. The molecule has 4 rings (SSSR count). The van der Waals surface area contributed by atoms with Crippen LogP contribution in [0.2, 0.25) is 10.0 Å². The number of aromatic nitrogens is 1. The lowest BCUT2D eigenvalue weighted by atomic mass is 9.98. The van der Waals surface area contributed by atoms with E-state index in [2.05, 4.69) is 15.6 Å². The van der Waals surface area contributed by atoms with E-state index < -0.39 is 17.9 Å². The Morgan fingerprint density at radius 3 is 2.08 bits per heavy atom. The number of esters is 1.